The fourth-order valence-electron chi connectivity index (χ4n) is 2.16. The van der Waals surface area contributed by atoms with Crippen LogP contribution in [0.25, 0.3) is 11.3 Å². The van der Waals surface area contributed by atoms with Crippen LogP contribution in [0, 0.1) is 17.0 Å². The van der Waals surface area contributed by atoms with E-state index in [2.05, 4.69) is 10.5 Å². The van der Waals surface area contributed by atoms with E-state index in [9.17, 15) is 10.1 Å². The van der Waals surface area contributed by atoms with Crippen LogP contribution in [0.5, 0.6) is 0 Å². The SMILES string of the molecule is Cc1ccc(N/N=C\c2ccc(-c3ccc([N+](=O)[O-])cc3)o2)cc1Cl. The molecule has 25 heavy (non-hydrogen) atoms. The fraction of sp³-hybridized carbons (Fsp3) is 0.0556. The molecule has 126 valence electrons. The lowest BCUT2D eigenvalue weighted by atomic mass is 10.1. The molecule has 0 saturated heterocycles. The van der Waals surface area contributed by atoms with E-state index in [1.807, 2.05) is 19.1 Å². The zero-order valence-corrected chi connectivity index (χ0v) is 14.0. The van der Waals surface area contributed by atoms with E-state index in [4.69, 9.17) is 16.0 Å². The molecule has 0 amide bonds. The summed E-state index contributed by atoms with van der Waals surface area (Å²) in [5.41, 5.74) is 5.44. The Morgan fingerprint density at radius 2 is 1.92 bits per heavy atom. The number of nitro groups is 1. The Morgan fingerprint density at radius 1 is 1.16 bits per heavy atom. The van der Waals surface area contributed by atoms with Crippen LogP contribution in [0.4, 0.5) is 11.4 Å². The summed E-state index contributed by atoms with van der Waals surface area (Å²) in [4.78, 5) is 10.2. The largest absolute Gasteiger partial charge is 0.455 e. The van der Waals surface area contributed by atoms with E-state index in [0.29, 0.717) is 16.5 Å². The molecule has 0 atom stereocenters. The van der Waals surface area contributed by atoms with E-state index in [0.717, 1.165) is 16.8 Å². The quantitative estimate of drug-likeness (QED) is 0.384. The van der Waals surface area contributed by atoms with Gasteiger partial charge in [-0.15, -0.1) is 0 Å². The summed E-state index contributed by atoms with van der Waals surface area (Å²) >= 11 is 6.06. The van der Waals surface area contributed by atoms with Crippen molar-refractivity contribution in [3.63, 3.8) is 0 Å². The number of anilines is 1. The Labute approximate surface area is 148 Å². The molecule has 7 heteroatoms. The highest BCUT2D eigenvalue weighted by Crippen LogP contribution is 2.24. The van der Waals surface area contributed by atoms with Gasteiger partial charge in [-0.25, -0.2) is 0 Å². The predicted octanol–water partition coefficient (Wildman–Crippen LogP) is 5.26. The van der Waals surface area contributed by atoms with Crippen molar-refractivity contribution < 1.29 is 9.34 Å². The molecule has 0 radical (unpaired) electrons. The van der Waals surface area contributed by atoms with Crippen molar-refractivity contribution in [3.8, 4) is 11.3 Å². The van der Waals surface area contributed by atoms with Crippen LogP contribution in [-0.2, 0) is 0 Å². The fourth-order valence-corrected chi connectivity index (χ4v) is 2.34. The average molecular weight is 356 g/mol. The zero-order chi connectivity index (χ0) is 17.8. The third kappa shape index (κ3) is 4.05. The van der Waals surface area contributed by atoms with Gasteiger partial charge in [0.15, 0.2) is 0 Å². The van der Waals surface area contributed by atoms with Gasteiger partial charge in [0, 0.05) is 22.7 Å². The first-order chi connectivity index (χ1) is 12.0. The molecule has 0 fully saturated rings. The van der Waals surface area contributed by atoms with E-state index < -0.39 is 4.92 Å². The Hall–Kier alpha value is -3.12. The van der Waals surface area contributed by atoms with Crippen LogP contribution in [-0.4, -0.2) is 11.1 Å². The van der Waals surface area contributed by atoms with Crippen LogP contribution >= 0.6 is 11.6 Å². The van der Waals surface area contributed by atoms with Crippen molar-refractivity contribution in [2.24, 2.45) is 5.10 Å². The number of halogens is 1. The van der Waals surface area contributed by atoms with Crippen molar-refractivity contribution in [2.45, 2.75) is 6.92 Å². The molecule has 3 rings (SSSR count). The summed E-state index contributed by atoms with van der Waals surface area (Å²) in [5, 5.41) is 15.5. The molecule has 0 bridgehead atoms. The van der Waals surface area contributed by atoms with Crippen LogP contribution in [0.1, 0.15) is 11.3 Å². The number of furan rings is 1. The van der Waals surface area contributed by atoms with Gasteiger partial charge in [-0.05, 0) is 48.9 Å². The van der Waals surface area contributed by atoms with Gasteiger partial charge >= 0.3 is 0 Å². The number of nitrogens with zero attached hydrogens (tertiary/aromatic N) is 2. The number of non-ortho nitro benzene ring substituents is 1. The minimum absolute atomic E-state index is 0.0399. The second-order valence-corrected chi connectivity index (χ2v) is 5.75. The number of aryl methyl sites for hydroxylation is 1. The molecular formula is C18H14ClN3O3. The molecule has 1 N–H and O–H groups in total. The number of hydrogen-bond donors (Lipinski definition) is 1. The average Bonchev–Trinajstić information content (AvgIpc) is 3.07. The van der Waals surface area contributed by atoms with E-state index >= 15 is 0 Å². The molecule has 0 saturated carbocycles. The second kappa shape index (κ2) is 7.19. The lowest BCUT2D eigenvalue weighted by Gasteiger charge is -2.02. The van der Waals surface area contributed by atoms with Crippen LogP contribution in [0.3, 0.4) is 0 Å². The molecule has 2 aromatic carbocycles. The highest BCUT2D eigenvalue weighted by Gasteiger charge is 2.07. The van der Waals surface area contributed by atoms with Gasteiger partial charge in [-0.2, -0.15) is 5.10 Å². The van der Waals surface area contributed by atoms with Gasteiger partial charge in [0.1, 0.15) is 11.5 Å². The van der Waals surface area contributed by atoms with Crippen molar-refractivity contribution >= 4 is 29.2 Å². The Morgan fingerprint density at radius 3 is 2.60 bits per heavy atom. The minimum Gasteiger partial charge on any atom is -0.455 e. The molecule has 0 aliphatic carbocycles. The van der Waals surface area contributed by atoms with Gasteiger partial charge in [-0.3, -0.25) is 15.5 Å². The first-order valence-electron chi connectivity index (χ1n) is 7.43. The standard InChI is InChI=1S/C18H14ClN3O3/c1-12-2-5-14(10-17(12)19)21-20-11-16-8-9-18(25-16)13-3-6-15(7-4-13)22(23)24/h2-11,21H,1H3/b20-11-. The van der Waals surface area contributed by atoms with E-state index in [1.165, 1.54) is 12.1 Å². The zero-order valence-electron chi connectivity index (χ0n) is 13.3. The third-order valence-corrected chi connectivity index (χ3v) is 3.95. The molecular weight excluding hydrogens is 342 g/mol. The van der Waals surface area contributed by atoms with Gasteiger partial charge in [-0.1, -0.05) is 17.7 Å². The summed E-state index contributed by atoms with van der Waals surface area (Å²) in [6.07, 6.45) is 1.54. The first-order valence-corrected chi connectivity index (χ1v) is 7.80. The van der Waals surface area contributed by atoms with Gasteiger partial charge < -0.3 is 4.42 Å². The van der Waals surface area contributed by atoms with Gasteiger partial charge in [0.2, 0.25) is 0 Å². The second-order valence-electron chi connectivity index (χ2n) is 5.34. The van der Waals surface area contributed by atoms with Gasteiger partial charge in [0.25, 0.3) is 5.69 Å². The molecule has 6 nitrogen and oxygen atoms in total. The van der Waals surface area contributed by atoms with Crippen molar-refractivity contribution in [1.29, 1.82) is 0 Å². The summed E-state index contributed by atoms with van der Waals surface area (Å²) in [5.74, 6) is 1.16. The number of hydrazone groups is 1. The molecule has 0 aliphatic rings. The van der Waals surface area contributed by atoms with Crippen molar-refractivity contribution in [3.05, 3.63) is 81.1 Å². The highest BCUT2D eigenvalue weighted by molar-refractivity contribution is 6.31. The van der Waals surface area contributed by atoms with Gasteiger partial charge in [0.05, 0.1) is 16.8 Å². The smallest absolute Gasteiger partial charge is 0.269 e. The Balaban J connectivity index is 1.68. The van der Waals surface area contributed by atoms with Crippen LogP contribution in [0.2, 0.25) is 5.02 Å². The number of nitro benzene ring substituents is 1. The highest BCUT2D eigenvalue weighted by atomic mass is 35.5. The topological polar surface area (TPSA) is 80.7 Å². The summed E-state index contributed by atoms with van der Waals surface area (Å²) in [6.45, 7) is 1.93. The lowest BCUT2D eigenvalue weighted by molar-refractivity contribution is -0.384. The minimum atomic E-state index is -0.437. The summed E-state index contributed by atoms with van der Waals surface area (Å²) in [6, 6.07) is 15.3. The van der Waals surface area contributed by atoms with E-state index in [1.54, 1.807) is 36.5 Å². The molecule has 1 aromatic heterocycles. The number of benzene rings is 2. The maximum Gasteiger partial charge on any atom is 0.269 e. The molecule has 0 aliphatic heterocycles. The molecule has 3 aromatic rings. The monoisotopic (exact) mass is 355 g/mol. The molecule has 0 spiro atoms. The number of hydrogen-bond acceptors (Lipinski definition) is 5. The summed E-state index contributed by atoms with van der Waals surface area (Å²) in [7, 11) is 0. The van der Waals surface area contributed by atoms with Crippen molar-refractivity contribution in [2.75, 3.05) is 5.43 Å². The Kier molecular flexibility index (Phi) is 4.81. The summed E-state index contributed by atoms with van der Waals surface area (Å²) < 4.78 is 5.67. The maximum absolute atomic E-state index is 10.7. The van der Waals surface area contributed by atoms with E-state index in [-0.39, 0.29) is 5.69 Å². The molecule has 1 heterocycles. The lowest BCUT2D eigenvalue weighted by Crippen LogP contribution is -1.90. The first kappa shape index (κ1) is 16.7. The van der Waals surface area contributed by atoms with Crippen LogP contribution < -0.4 is 5.43 Å². The molecule has 0 unspecified atom stereocenters. The predicted molar refractivity (Wildman–Crippen MR) is 98.2 cm³/mol. The third-order valence-electron chi connectivity index (χ3n) is 3.55. The maximum atomic E-state index is 10.7. The number of rotatable bonds is 5. The normalized spacial score (nSPS) is 11.0. The van der Waals surface area contributed by atoms with Crippen LogP contribution in [0.15, 0.2) is 64.1 Å². The Bertz CT molecular complexity index is 933. The number of nitrogens with one attached hydrogen (secondary N) is 1. The van der Waals surface area contributed by atoms with Crippen molar-refractivity contribution in [1.82, 2.24) is 0 Å².